The van der Waals surface area contributed by atoms with Gasteiger partial charge in [-0.05, 0) is 72.7 Å². The van der Waals surface area contributed by atoms with Crippen LogP contribution in [0.3, 0.4) is 0 Å². The van der Waals surface area contributed by atoms with E-state index >= 15 is 0 Å². The molecule has 5 nitrogen and oxygen atoms in total. The molecule has 1 N–H and O–H groups in total. The van der Waals surface area contributed by atoms with Crippen LogP contribution < -0.4 is 0 Å². The smallest absolute Gasteiger partial charge is 0.254 e. The molecule has 0 saturated heterocycles. The number of aliphatic hydroxyl groups excluding tert-OH is 1. The summed E-state index contributed by atoms with van der Waals surface area (Å²) in [4.78, 5) is 15.0. The standard InChI is InChI=1S/C25H27N3O2/c1-17-13-20-16-27(23-5-2-3-6-24(23)29)25(30)22(20)15-19(17)14-18-7-9-21(10-8-18)28-12-4-11-26-28/h4,7-13,15,23-24,29H,2-3,5-6,14,16H2,1H3/t23-,24-/m0/s1. The van der Waals surface area contributed by atoms with Crippen LogP contribution in [0.2, 0.25) is 0 Å². The minimum Gasteiger partial charge on any atom is -0.391 e. The third-order valence-corrected chi connectivity index (χ3v) is 6.59. The van der Waals surface area contributed by atoms with Crippen LogP contribution in [0.1, 0.15) is 58.3 Å². The van der Waals surface area contributed by atoms with Crippen LogP contribution >= 0.6 is 0 Å². The van der Waals surface area contributed by atoms with Gasteiger partial charge in [-0.2, -0.15) is 5.10 Å². The van der Waals surface area contributed by atoms with Crippen LogP contribution in [-0.2, 0) is 13.0 Å². The molecule has 1 amide bonds. The number of benzene rings is 2. The molecule has 0 bridgehead atoms. The molecule has 2 heterocycles. The number of hydrogen-bond acceptors (Lipinski definition) is 3. The van der Waals surface area contributed by atoms with Crippen molar-refractivity contribution in [2.75, 3.05) is 0 Å². The lowest BCUT2D eigenvalue weighted by atomic mass is 9.91. The molecular weight excluding hydrogens is 374 g/mol. The van der Waals surface area contributed by atoms with Crippen LogP contribution in [0.25, 0.3) is 5.69 Å². The summed E-state index contributed by atoms with van der Waals surface area (Å²) in [6.45, 7) is 2.74. The van der Waals surface area contributed by atoms with Gasteiger partial charge in [-0.1, -0.05) is 31.0 Å². The average Bonchev–Trinajstić information content (AvgIpc) is 3.39. The minimum absolute atomic E-state index is 0.0442. The van der Waals surface area contributed by atoms with E-state index in [1.54, 1.807) is 6.20 Å². The monoisotopic (exact) mass is 401 g/mol. The lowest BCUT2D eigenvalue weighted by Crippen LogP contribution is -2.45. The molecule has 1 aliphatic carbocycles. The average molecular weight is 402 g/mol. The summed E-state index contributed by atoms with van der Waals surface area (Å²) >= 11 is 0. The Balaban J connectivity index is 1.37. The van der Waals surface area contributed by atoms with E-state index in [0.717, 1.165) is 48.9 Å². The highest BCUT2D eigenvalue weighted by molar-refractivity contribution is 5.99. The molecule has 2 atom stereocenters. The van der Waals surface area contributed by atoms with E-state index in [9.17, 15) is 9.90 Å². The second-order valence-corrected chi connectivity index (χ2v) is 8.58. The summed E-state index contributed by atoms with van der Waals surface area (Å²) in [6.07, 6.45) is 7.92. The maximum Gasteiger partial charge on any atom is 0.254 e. The molecule has 1 aromatic heterocycles. The van der Waals surface area contributed by atoms with Crippen LogP contribution in [0.15, 0.2) is 54.9 Å². The Morgan fingerprint density at radius 3 is 2.67 bits per heavy atom. The van der Waals surface area contributed by atoms with Crippen molar-refractivity contribution in [3.05, 3.63) is 82.7 Å². The Hall–Kier alpha value is -2.92. The van der Waals surface area contributed by atoms with Crippen molar-refractivity contribution in [1.82, 2.24) is 14.7 Å². The number of rotatable bonds is 4. The van der Waals surface area contributed by atoms with Gasteiger partial charge in [-0.25, -0.2) is 4.68 Å². The van der Waals surface area contributed by atoms with Gasteiger partial charge in [-0.15, -0.1) is 0 Å². The van der Waals surface area contributed by atoms with Gasteiger partial charge in [0.15, 0.2) is 0 Å². The molecule has 30 heavy (non-hydrogen) atoms. The highest BCUT2D eigenvalue weighted by Crippen LogP contribution is 2.33. The van der Waals surface area contributed by atoms with Crippen molar-refractivity contribution < 1.29 is 9.90 Å². The maximum atomic E-state index is 13.1. The fourth-order valence-corrected chi connectivity index (χ4v) is 4.87. The van der Waals surface area contributed by atoms with Crippen LogP contribution in [0.5, 0.6) is 0 Å². The van der Waals surface area contributed by atoms with E-state index in [4.69, 9.17) is 0 Å². The summed E-state index contributed by atoms with van der Waals surface area (Å²) < 4.78 is 1.84. The van der Waals surface area contributed by atoms with Crippen molar-refractivity contribution in [1.29, 1.82) is 0 Å². The molecular formula is C25H27N3O2. The van der Waals surface area contributed by atoms with Crippen LogP contribution in [0, 0.1) is 6.92 Å². The highest BCUT2D eigenvalue weighted by Gasteiger charge is 2.37. The Labute approximate surface area is 177 Å². The first-order valence-corrected chi connectivity index (χ1v) is 10.8. The first-order valence-electron chi connectivity index (χ1n) is 10.8. The molecule has 2 aromatic carbocycles. The fourth-order valence-electron chi connectivity index (χ4n) is 4.87. The van der Waals surface area contributed by atoms with Crippen molar-refractivity contribution >= 4 is 5.91 Å². The zero-order chi connectivity index (χ0) is 20.7. The van der Waals surface area contributed by atoms with Gasteiger partial charge in [-0.3, -0.25) is 4.79 Å². The van der Waals surface area contributed by atoms with E-state index in [1.807, 2.05) is 21.8 Å². The van der Waals surface area contributed by atoms with E-state index in [0.29, 0.717) is 6.54 Å². The lowest BCUT2D eigenvalue weighted by molar-refractivity contribution is 0.0191. The number of aryl methyl sites for hydroxylation is 1. The molecule has 5 rings (SSSR count). The third-order valence-electron chi connectivity index (χ3n) is 6.59. The molecule has 154 valence electrons. The van der Waals surface area contributed by atoms with Gasteiger partial charge in [0.1, 0.15) is 0 Å². The van der Waals surface area contributed by atoms with Gasteiger partial charge in [0.2, 0.25) is 0 Å². The number of aliphatic hydroxyl groups is 1. The van der Waals surface area contributed by atoms with Gasteiger partial charge >= 0.3 is 0 Å². The van der Waals surface area contributed by atoms with Crippen LogP contribution in [0.4, 0.5) is 0 Å². The maximum absolute atomic E-state index is 13.1. The SMILES string of the molecule is Cc1cc2c(cc1Cc1ccc(-n3cccn3)cc1)C(=O)N([C@H]1CCCC[C@@H]1O)C2. The summed E-state index contributed by atoms with van der Waals surface area (Å²) in [7, 11) is 0. The van der Waals surface area contributed by atoms with E-state index in [2.05, 4.69) is 48.4 Å². The Morgan fingerprint density at radius 2 is 1.93 bits per heavy atom. The van der Waals surface area contributed by atoms with E-state index < -0.39 is 6.10 Å². The van der Waals surface area contributed by atoms with Gasteiger partial charge in [0.05, 0.1) is 17.8 Å². The van der Waals surface area contributed by atoms with Crippen molar-refractivity contribution in [3.8, 4) is 5.69 Å². The number of carbonyl (C=O) groups excluding carboxylic acids is 1. The van der Waals surface area contributed by atoms with Gasteiger partial charge in [0.25, 0.3) is 5.91 Å². The predicted molar refractivity (Wildman–Crippen MR) is 116 cm³/mol. The Bertz CT molecular complexity index is 1060. The quantitative estimate of drug-likeness (QED) is 0.718. The summed E-state index contributed by atoms with van der Waals surface area (Å²) in [5.41, 5.74) is 6.53. The Morgan fingerprint density at radius 1 is 1.13 bits per heavy atom. The molecule has 1 fully saturated rings. The summed E-state index contributed by atoms with van der Waals surface area (Å²) in [6, 6.07) is 14.5. The van der Waals surface area contributed by atoms with Crippen molar-refractivity contribution in [2.24, 2.45) is 0 Å². The second kappa shape index (κ2) is 7.73. The molecule has 1 saturated carbocycles. The molecule has 0 unspecified atom stereocenters. The third kappa shape index (κ3) is 3.43. The first kappa shape index (κ1) is 19.1. The van der Waals surface area contributed by atoms with Crippen molar-refractivity contribution in [3.63, 3.8) is 0 Å². The molecule has 3 aromatic rings. The largest absolute Gasteiger partial charge is 0.391 e. The normalized spacial score (nSPS) is 21.1. The number of hydrogen-bond donors (Lipinski definition) is 1. The van der Waals surface area contributed by atoms with E-state index in [-0.39, 0.29) is 11.9 Å². The number of aromatic nitrogens is 2. The zero-order valence-electron chi connectivity index (χ0n) is 17.3. The number of fused-ring (bicyclic) bond motifs is 1. The molecule has 0 spiro atoms. The number of nitrogens with zero attached hydrogens (tertiary/aromatic N) is 3. The minimum atomic E-state index is -0.397. The fraction of sp³-hybridized carbons (Fsp3) is 0.360. The highest BCUT2D eigenvalue weighted by atomic mass is 16.3. The van der Waals surface area contributed by atoms with Crippen LogP contribution in [-0.4, -0.2) is 37.8 Å². The summed E-state index contributed by atoms with van der Waals surface area (Å²) in [5, 5.41) is 14.7. The molecule has 1 aliphatic heterocycles. The zero-order valence-corrected chi connectivity index (χ0v) is 17.3. The molecule has 0 radical (unpaired) electrons. The van der Waals surface area contributed by atoms with Gasteiger partial charge in [0, 0.05) is 24.5 Å². The first-order chi connectivity index (χ1) is 14.6. The van der Waals surface area contributed by atoms with Crippen molar-refractivity contribution in [2.45, 2.75) is 57.7 Å². The second-order valence-electron chi connectivity index (χ2n) is 8.58. The van der Waals surface area contributed by atoms with E-state index in [1.165, 1.54) is 16.7 Å². The molecule has 5 heteroatoms. The summed E-state index contributed by atoms with van der Waals surface area (Å²) in [5.74, 6) is 0.0752. The Kier molecular flexibility index (Phi) is 4.91. The van der Waals surface area contributed by atoms with Gasteiger partial charge < -0.3 is 10.0 Å². The number of amides is 1. The topological polar surface area (TPSA) is 58.4 Å². The lowest BCUT2D eigenvalue weighted by Gasteiger charge is -2.35. The molecule has 2 aliphatic rings. The predicted octanol–water partition coefficient (Wildman–Crippen LogP) is 4.03. The number of carbonyl (C=O) groups is 1.